The largest absolute Gasteiger partial charge is 0.465 e. The number of carbonyl (C=O) groups excluding carboxylic acids is 2. The topological polar surface area (TPSA) is 93.4 Å². The molecule has 23 heavy (non-hydrogen) atoms. The molecule has 2 rings (SSSR count). The zero-order valence-corrected chi connectivity index (χ0v) is 14.1. The Labute approximate surface area is 142 Å². The van der Waals surface area contributed by atoms with Gasteiger partial charge in [0.25, 0.3) is 0 Å². The van der Waals surface area contributed by atoms with Crippen LogP contribution in [0.5, 0.6) is 0 Å². The number of nitrogens with two attached hydrogens (primary N) is 1. The van der Waals surface area contributed by atoms with E-state index in [9.17, 15) is 9.59 Å². The molecule has 0 fully saturated rings. The molecule has 0 saturated heterocycles. The van der Waals surface area contributed by atoms with Crippen molar-refractivity contribution in [1.29, 1.82) is 0 Å². The summed E-state index contributed by atoms with van der Waals surface area (Å²) in [5, 5.41) is 6.89. The highest BCUT2D eigenvalue weighted by atomic mass is 32.1. The van der Waals surface area contributed by atoms with Gasteiger partial charge in [0, 0.05) is 16.1 Å². The molecule has 1 aromatic carbocycles. The molecule has 4 N–H and O–H groups in total. The summed E-state index contributed by atoms with van der Waals surface area (Å²) in [6.07, 6.45) is 0. The maximum absolute atomic E-state index is 11.7. The molecule has 6 nitrogen and oxygen atoms in total. The van der Waals surface area contributed by atoms with Crippen molar-refractivity contribution in [1.82, 2.24) is 0 Å². The molecule has 2 aromatic rings. The number of hydrogen-bond acceptors (Lipinski definition) is 5. The van der Waals surface area contributed by atoms with Gasteiger partial charge in [-0.1, -0.05) is 0 Å². The Kier molecular flexibility index (Phi) is 5.30. The number of thiophene rings is 1. The number of primary amides is 1. The van der Waals surface area contributed by atoms with Crippen LogP contribution in [-0.2, 0) is 4.74 Å². The van der Waals surface area contributed by atoms with E-state index in [2.05, 4.69) is 10.6 Å². The van der Waals surface area contributed by atoms with Gasteiger partial charge in [0.15, 0.2) is 5.11 Å². The average molecular weight is 349 g/mol. The lowest BCUT2D eigenvalue weighted by atomic mass is 10.2. The minimum atomic E-state index is -0.492. The zero-order valence-electron chi connectivity index (χ0n) is 12.5. The summed E-state index contributed by atoms with van der Waals surface area (Å²) in [7, 11) is 1.33. The van der Waals surface area contributed by atoms with Crippen LogP contribution in [0.4, 0.5) is 10.7 Å². The van der Waals surface area contributed by atoms with Crippen LogP contribution in [0.3, 0.4) is 0 Å². The molecule has 0 aliphatic rings. The molecule has 1 amide bonds. The van der Waals surface area contributed by atoms with Gasteiger partial charge in [-0.25, -0.2) is 4.79 Å². The van der Waals surface area contributed by atoms with Crippen LogP contribution in [0.1, 0.15) is 25.6 Å². The first-order valence-corrected chi connectivity index (χ1v) is 7.80. The van der Waals surface area contributed by atoms with E-state index in [1.165, 1.54) is 18.4 Å². The molecule has 120 valence electrons. The van der Waals surface area contributed by atoms with Gasteiger partial charge in [-0.2, -0.15) is 0 Å². The summed E-state index contributed by atoms with van der Waals surface area (Å²) in [4.78, 5) is 23.7. The Balaban J connectivity index is 2.08. The maximum atomic E-state index is 11.7. The van der Waals surface area contributed by atoms with Gasteiger partial charge in [-0.05, 0) is 49.5 Å². The SMILES string of the molecule is COC(=O)c1cc(C)sc1NC(=S)Nc1ccc(C(N)=O)cc1. The second kappa shape index (κ2) is 7.21. The highest BCUT2D eigenvalue weighted by Gasteiger charge is 2.16. The fourth-order valence-electron chi connectivity index (χ4n) is 1.85. The molecule has 1 heterocycles. The lowest BCUT2D eigenvalue weighted by molar-refractivity contribution is 0.0602. The van der Waals surface area contributed by atoms with Gasteiger partial charge in [0.2, 0.25) is 5.91 Å². The van der Waals surface area contributed by atoms with E-state index in [1.54, 1.807) is 30.3 Å². The predicted octanol–water partition coefficient (Wildman–Crippen LogP) is 2.75. The minimum absolute atomic E-state index is 0.323. The first-order valence-electron chi connectivity index (χ1n) is 6.57. The number of carbonyl (C=O) groups is 2. The Morgan fingerprint density at radius 1 is 1.22 bits per heavy atom. The molecular formula is C15H15N3O3S2. The van der Waals surface area contributed by atoms with E-state index >= 15 is 0 Å². The molecular weight excluding hydrogens is 334 g/mol. The lowest BCUT2D eigenvalue weighted by Gasteiger charge is -2.10. The van der Waals surface area contributed by atoms with Gasteiger partial charge in [0.1, 0.15) is 5.00 Å². The molecule has 0 unspecified atom stereocenters. The second-order valence-electron chi connectivity index (χ2n) is 4.61. The molecule has 0 spiro atoms. The summed E-state index contributed by atoms with van der Waals surface area (Å²) >= 11 is 6.64. The minimum Gasteiger partial charge on any atom is -0.465 e. The normalized spacial score (nSPS) is 10.0. The van der Waals surface area contributed by atoms with Crippen molar-refractivity contribution in [2.45, 2.75) is 6.92 Å². The van der Waals surface area contributed by atoms with Gasteiger partial charge in [0.05, 0.1) is 12.7 Å². The predicted molar refractivity (Wildman–Crippen MR) is 95.2 cm³/mol. The number of aryl methyl sites for hydroxylation is 1. The number of thiocarbonyl (C=S) groups is 1. The highest BCUT2D eigenvalue weighted by Crippen LogP contribution is 2.28. The van der Waals surface area contributed by atoms with E-state index in [4.69, 9.17) is 22.7 Å². The summed E-state index contributed by atoms with van der Waals surface area (Å²) < 4.78 is 4.75. The Morgan fingerprint density at radius 2 is 1.87 bits per heavy atom. The lowest BCUT2D eigenvalue weighted by Crippen LogP contribution is -2.20. The molecule has 0 bridgehead atoms. The van der Waals surface area contributed by atoms with Crippen LogP contribution in [0, 0.1) is 6.92 Å². The standard InChI is InChI=1S/C15H15N3O3S2/c1-8-7-11(14(20)21-2)13(23-8)18-15(22)17-10-5-3-9(4-6-10)12(16)19/h3-7H,1-2H3,(H2,16,19)(H2,17,18,22). The smallest absolute Gasteiger partial charge is 0.340 e. The number of hydrogen-bond donors (Lipinski definition) is 3. The monoisotopic (exact) mass is 349 g/mol. The average Bonchev–Trinajstić information content (AvgIpc) is 2.87. The number of esters is 1. The third-order valence-corrected chi connectivity index (χ3v) is 4.08. The number of rotatable bonds is 4. The summed E-state index contributed by atoms with van der Waals surface area (Å²) in [5.74, 6) is -0.917. The third-order valence-electron chi connectivity index (χ3n) is 2.91. The molecule has 0 aliphatic heterocycles. The summed E-state index contributed by atoms with van der Waals surface area (Å²) in [5.41, 5.74) is 6.73. The quantitative estimate of drug-likeness (QED) is 0.580. The third kappa shape index (κ3) is 4.27. The summed E-state index contributed by atoms with van der Waals surface area (Å²) in [6.45, 7) is 1.89. The van der Waals surface area contributed by atoms with Crippen LogP contribution in [0.15, 0.2) is 30.3 Å². The summed E-state index contributed by atoms with van der Waals surface area (Å²) in [6, 6.07) is 8.32. The Morgan fingerprint density at radius 3 is 2.43 bits per heavy atom. The van der Waals surface area contributed by atoms with Crippen molar-refractivity contribution in [3.05, 3.63) is 46.3 Å². The van der Waals surface area contributed by atoms with Crippen molar-refractivity contribution in [3.63, 3.8) is 0 Å². The van der Waals surface area contributed by atoms with Crippen LogP contribution in [0.2, 0.25) is 0 Å². The fraction of sp³-hybridized carbons (Fsp3) is 0.133. The number of nitrogens with one attached hydrogen (secondary N) is 2. The molecule has 0 atom stereocenters. The second-order valence-corrected chi connectivity index (χ2v) is 6.28. The molecule has 1 aromatic heterocycles. The van der Waals surface area contributed by atoms with Crippen LogP contribution in [0.25, 0.3) is 0 Å². The molecule has 0 radical (unpaired) electrons. The van der Waals surface area contributed by atoms with Crippen molar-refractivity contribution < 1.29 is 14.3 Å². The van der Waals surface area contributed by atoms with E-state index in [-0.39, 0.29) is 0 Å². The number of anilines is 2. The van der Waals surface area contributed by atoms with Crippen molar-refractivity contribution in [2.75, 3.05) is 17.7 Å². The molecule has 8 heteroatoms. The van der Waals surface area contributed by atoms with E-state index in [1.807, 2.05) is 6.92 Å². The number of benzene rings is 1. The van der Waals surface area contributed by atoms with Gasteiger partial charge in [-0.3, -0.25) is 4.79 Å². The highest BCUT2D eigenvalue weighted by molar-refractivity contribution is 7.80. The van der Waals surface area contributed by atoms with Gasteiger partial charge < -0.3 is 21.1 Å². The number of amides is 1. The maximum Gasteiger partial charge on any atom is 0.340 e. The van der Waals surface area contributed by atoms with Gasteiger partial charge in [-0.15, -0.1) is 11.3 Å². The van der Waals surface area contributed by atoms with E-state index < -0.39 is 11.9 Å². The van der Waals surface area contributed by atoms with Crippen molar-refractivity contribution in [2.24, 2.45) is 5.73 Å². The number of ether oxygens (including phenoxy) is 1. The Hall–Kier alpha value is -2.45. The van der Waals surface area contributed by atoms with Crippen LogP contribution in [-0.4, -0.2) is 24.1 Å². The van der Waals surface area contributed by atoms with Crippen molar-refractivity contribution >= 4 is 51.2 Å². The zero-order chi connectivity index (χ0) is 17.0. The van der Waals surface area contributed by atoms with Crippen LogP contribution >= 0.6 is 23.6 Å². The van der Waals surface area contributed by atoms with Crippen LogP contribution < -0.4 is 16.4 Å². The van der Waals surface area contributed by atoms with E-state index in [0.29, 0.717) is 26.9 Å². The van der Waals surface area contributed by atoms with E-state index in [0.717, 1.165) is 4.88 Å². The first kappa shape index (κ1) is 16.9. The van der Waals surface area contributed by atoms with Gasteiger partial charge >= 0.3 is 5.97 Å². The molecule has 0 saturated carbocycles. The fourth-order valence-corrected chi connectivity index (χ4v) is 3.04. The first-order chi connectivity index (χ1) is 10.9. The molecule has 0 aliphatic carbocycles. The number of methoxy groups -OCH3 is 1. The Bertz CT molecular complexity index is 754. The van der Waals surface area contributed by atoms with Crippen molar-refractivity contribution in [3.8, 4) is 0 Å².